The molecular formula is C31H26FN3O3S2. The third-order valence-electron chi connectivity index (χ3n) is 6.78. The van der Waals surface area contributed by atoms with Crippen LogP contribution >= 0.6 is 24.0 Å². The summed E-state index contributed by atoms with van der Waals surface area (Å²) >= 11 is 6.86. The van der Waals surface area contributed by atoms with Crippen LogP contribution in [0.25, 0.3) is 23.0 Å². The lowest BCUT2D eigenvalue weighted by Gasteiger charge is -2.18. The maximum Gasteiger partial charge on any atom is 0.266 e. The Kier molecular flexibility index (Phi) is 7.77. The molecule has 0 radical (unpaired) electrons. The van der Waals surface area contributed by atoms with E-state index < -0.39 is 0 Å². The number of thiocarbonyl (C=S) groups is 1. The number of carbonyl (C=O) groups is 1. The van der Waals surface area contributed by atoms with Crippen molar-refractivity contribution in [3.8, 4) is 22.7 Å². The van der Waals surface area contributed by atoms with E-state index in [-0.39, 0.29) is 17.8 Å². The standard InChI is InChI=1S/C31H26FN3O3S2/c32-24-12-8-21(9-13-24)20-38-26-14-10-22(11-15-26)29-23(18-35(33-29)25-5-2-1-3-6-25)17-28-30(36)34(31(39)40-28)19-27-7-4-16-37-27/h1-3,5-6,8-15,17-18,27H,4,7,16,19-20H2/b28-17-. The lowest BCUT2D eigenvalue weighted by Crippen LogP contribution is -2.35. The zero-order valence-corrected chi connectivity index (χ0v) is 23.2. The molecule has 3 heterocycles. The van der Waals surface area contributed by atoms with Crippen LogP contribution in [-0.4, -0.2) is 44.2 Å². The number of aromatic nitrogens is 2. The molecule has 0 spiro atoms. The molecule has 1 unspecified atom stereocenters. The maximum atomic E-state index is 13.3. The van der Waals surface area contributed by atoms with Gasteiger partial charge in [-0.05, 0) is 73.0 Å². The van der Waals surface area contributed by atoms with E-state index in [4.69, 9.17) is 26.8 Å². The first-order chi connectivity index (χ1) is 19.5. The molecule has 2 aliphatic rings. The minimum Gasteiger partial charge on any atom is -0.489 e. The lowest BCUT2D eigenvalue weighted by molar-refractivity contribution is -0.123. The fourth-order valence-corrected chi connectivity index (χ4v) is 5.94. The van der Waals surface area contributed by atoms with Crippen LogP contribution in [0.3, 0.4) is 0 Å². The molecule has 0 bridgehead atoms. The van der Waals surface area contributed by atoms with Crippen LogP contribution in [0.2, 0.25) is 0 Å². The molecule has 3 aromatic carbocycles. The minimum absolute atomic E-state index is 0.0297. The highest BCUT2D eigenvalue weighted by Crippen LogP contribution is 2.36. The van der Waals surface area contributed by atoms with Crippen molar-refractivity contribution in [2.75, 3.05) is 13.2 Å². The Hall–Kier alpha value is -3.79. The van der Waals surface area contributed by atoms with E-state index in [1.807, 2.05) is 71.6 Å². The average molecular weight is 572 g/mol. The van der Waals surface area contributed by atoms with Gasteiger partial charge < -0.3 is 9.47 Å². The van der Waals surface area contributed by atoms with E-state index in [1.165, 1.54) is 23.9 Å². The molecule has 0 saturated carbocycles. The Bertz CT molecular complexity index is 1550. The Balaban J connectivity index is 1.27. The topological polar surface area (TPSA) is 56.6 Å². The summed E-state index contributed by atoms with van der Waals surface area (Å²) in [4.78, 5) is 15.5. The summed E-state index contributed by atoms with van der Waals surface area (Å²) in [5, 5.41) is 4.88. The summed E-state index contributed by atoms with van der Waals surface area (Å²) in [7, 11) is 0. The molecule has 2 aliphatic heterocycles. The molecule has 0 aliphatic carbocycles. The number of hydrogen-bond acceptors (Lipinski definition) is 6. The van der Waals surface area contributed by atoms with Gasteiger partial charge in [-0.25, -0.2) is 9.07 Å². The number of nitrogens with zero attached hydrogens (tertiary/aromatic N) is 3. The Labute approximate surface area is 241 Å². The second-order valence-electron chi connectivity index (χ2n) is 9.58. The van der Waals surface area contributed by atoms with Gasteiger partial charge in [0.05, 0.1) is 28.9 Å². The summed E-state index contributed by atoms with van der Waals surface area (Å²) < 4.78 is 27.2. The first-order valence-corrected chi connectivity index (χ1v) is 14.3. The third kappa shape index (κ3) is 5.86. The number of rotatable bonds is 8. The zero-order valence-electron chi connectivity index (χ0n) is 21.5. The second-order valence-corrected chi connectivity index (χ2v) is 11.3. The van der Waals surface area contributed by atoms with Gasteiger partial charge in [-0.15, -0.1) is 0 Å². The Morgan fingerprint density at radius 3 is 2.58 bits per heavy atom. The molecule has 1 atom stereocenters. The largest absolute Gasteiger partial charge is 0.489 e. The van der Waals surface area contributed by atoms with Crippen molar-refractivity contribution < 1.29 is 18.7 Å². The third-order valence-corrected chi connectivity index (χ3v) is 8.16. The van der Waals surface area contributed by atoms with Crippen molar-refractivity contribution in [2.45, 2.75) is 25.6 Å². The van der Waals surface area contributed by atoms with Gasteiger partial charge in [0.25, 0.3) is 5.91 Å². The number of amides is 1. The highest BCUT2D eigenvalue weighted by atomic mass is 32.2. The average Bonchev–Trinajstić information content (AvgIpc) is 3.71. The normalized spacial score (nSPS) is 18.2. The summed E-state index contributed by atoms with van der Waals surface area (Å²) in [5.74, 6) is 0.310. The van der Waals surface area contributed by atoms with Gasteiger partial charge in [0.2, 0.25) is 0 Å². The fraction of sp³-hybridized carbons (Fsp3) is 0.194. The molecule has 9 heteroatoms. The number of carbonyl (C=O) groups excluding carboxylic acids is 1. The monoisotopic (exact) mass is 571 g/mol. The van der Waals surface area contributed by atoms with Gasteiger partial charge in [-0.2, -0.15) is 5.10 Å². The predicted molar refractivity (Wildman–Crippen MR) is 159 cm³/mol. The number of para-hydroxylation sites is 1. The molecule has 1 amide bonds. The molecule has 4 aromatic rings. The number of benzene rings is 3. The van der Waals surface area contributed by atoms with Crippen LogP contribution in [0.5, 0.6) is 5.75 Å². The van der Waals surface area contributed by atoms with Crippen molar-refractivity contribution in [2.24, 2.45) is 0 Å². The van der Waals surface area contributed by atoms with Crippen LogP contribution in [0, 0.1) is 5.82 Å². The maximum absolute atomic E-state index is 13.3. The molecular weight excluding hydrogens is 545 g/mol. The second kappa shape index (κ2) is 11.8. The lowest BCUT2D eigenvalue weighted by atomic mass is 10.1. The zero-order chi connectivity index (χ0) is 27.5. The van der Waals surface area contributed by atoms with Gasteiger partial charge in [-0.1, -0.05) is 54.3 Å². The van der Waals surface area contributed by atoms with Gasteiger partial charge in [-0.3, -0.25) is 9.69 Å². The van der Waals surface area contributed by atoms with E-state index >= 15 is 0 Å². The highest BCUT2D eigenvalue weighted by molar-refractivity contribution is 8.26. The van der Waals surface area contributed by atoms with Crippen LogP contribution in [0.15, 0.2) is 90.0 Å². The molecule has 202 valence electrons. The van der Waals surface area contributed by atoms with E-state index in [9.17, 15) is 9.18 Å². The number of hydrogen-bond donors (Lipinski definition) is 0. The van der Waals surface area contributed by atoms with E-state index in [1.54, 1.807) is 17.0 Å². The SMILES string of the molecule is O=C1/C(=C/c2cn(-c3ccccc3)nc2-c2ccc(OCc3ccc(F)cc3)cc2)SC(=S)N1CC1CCCO1. The smallest absolute Gasteiger partial charge is 0.266 e. The van der Waals surface area contributed by atoms with Crippen LogP contribution < -0.4 is 4.74 Å². The van der Waals surface area contributed by atoms with Gasteiger partial charge in [0, 0.05) is 23.9 Å². The quantitative estimate of drug-likeness (QED) is 0.175. The number of halogens is 1. The molecule has 6 nitrogen and oxygen atoms in total. The summed E-state index contributed by atoms with van der Waals surface area (Å²) in [6.45, 7) is 1.55. The Morgan fingerprint density at radius 1 is 1.07 bits per heavy atom. The Morgan fingerprint density at radius 2 is 1.85 bits per heavy atom. The first kappa shape index (κ1) is 26.4. The fourth-order valence-electron chi connectivity index (χ4n) is 4.68. The summed E-state index contributed by atoms with van der Waals surface area (Å²) in [5.41, 5.74) is 4.21. The van der Waals surface area contributed by atoms with Gasteiger partial charge in [0.15, 0.2) is 0 Å². The molecule has 40 heavy (non-hydrogen) atoms. The minimum atomic E-state index is -0.274. The summed E-state index contributed by atoms with van der Waals surface area (Å²) in [6, 6.07) is 23.7. The molecule has 1 aromatic heterocycles. The van der Waals surface area contributed by atoms with Crippen molar-refractivity contribution in [3.05, 3.63) is 107 Å². The molecule has 2 saturated heterocycles. The molecule has 6 rings (SSSR count). The van der Waals surface area contributed by atoms with Crippen molar-refractivity contribution in [3.63, 3.8) is 0 Å². The van der Waals surface area contributed by atoms with Crippen molar-refractivity contribution in [1.29, 1.82) is 0 Å². The first-order valence-electron chi connectivity index (χ1n) is 13.0. The summed E-state index contributed by atoms with van der Waals surface area (Å²) in [6.07, 6.45) is 5.77. The van der Waals surface area contributed by atoms with Crippen LogP contribution in [0.1, 0.15) is 24.0 Å². The highest BCUT2D eigenvalue weighted by Gasteiger charge is 2.35. The number of thioether (sulfide) groups is 1. The molecule has 2 fully saturated rings. The van der Waals surface area contributed by atoms with E-state index in [0.717, 1.165) is 47.5 Å². The van der Waals surface area contributed by atoms with Gasteiger partial charge >= 0.3 is 0 Å². The van der Waals surface area contributed by atoms with Crippen LogP contribution in [-0.2, 0) is 16.1 Å². The number of ether oxygens (including phenoxy) is 2. The van der Waals surface area contributed by atoms with E-state index in [2.05, 4.69) is 0 Å². The van der Waals surface area contributed by atoms with E-state index in [0.29, 0.717) is 28.1 Å². The predicted octanol–water partition coefficient (Wildman–Crippen LogP) is 6.64. The van der Waals surface area contributed by atoms with Crippen LogP contribution in [0.4, 0.5) is 4.39 Å². The van der Waals surface area contributed by atoms with Crippen molar-refractivity contribution in [1.82, 2.24) is 14.7 Å². The van der Waals surface area contributed by atoms with Gasteiger partial charge in [0.1, 0.15) is 22.5 Å². The molecule has 0 N–H and O–H groups in total. The van der Waals surface area contributed by atoms with Crippen molar-refractivity contribution >= 4 is 40.3 Å².